The number of hydrogen-bond donors (Lipinski definition) is 3. The van der Waals surface area contributed by atoms with Crippen LogP contribution in [0.5, 0.6) is 0 Å². The molecule has 0 radical (unpaired) electrons. The molecule has 2 fully saturated rings. The second kappa shape index (κ2) is 13.7. The van der Waals surface area contributed by atoms with Gasteiger partial charge in [0.25, 0.3) is 0 Å². The van der Waals surface area contributed by atoms with Crippen molar-refractivity contribution in [2.24, 2.45) is 17.8 Å². The van der Waals surface area contributed by atoms with Crippen molar-refractivity contribution in [3.8, 4) is 0 Å². The van der Waals surface area contributed by atoms with Crippen LogP contribution in [0, 0.1) is 17.8 Å². The van der Waals surface area contributed by atoms with E-state index in [1.807, 2.05) is 25.2 Å². The highest BCUT2D eigenvalue weighted by molar-refractivity contribution is 5.81. The molecule has 0 aromatic carbocycles. The molecule has 0 amide bonds. The molecule has 2 rings (SSSR count). The van der Waals surface area contributed by atoms with Gasteiger partial charge in [-0.1, -0.05) is 62.8 Å². The molecule has 200 valence electrons. The Morgan fingerprint density at radius 3 is 2.25 bits per heavy atom. The second-order valence-corrected chi connectivity index (χ2v) is 10.4. The fourth-order valence-electron chi connectivity index (χ4n) is 4.53. The molecule has 2 heterocycles. The highest BCUT2D eigenvalue weighted by Crippen LogP contribution is 2.43. The maximum absolute atomic E-state index is 10.9. The van der Waals surface area contributed by atoms with Crippen molar-refractivity contribution in [1.29, 1.82) is 0 Å². The topological polar surface area (TPSA) is 113 Å². The lowest BCUT2D eigenvalue weighted by Gasteiger charge is -2.49. The highest BCUT2D eigenvalue weighted by atomic mass is 16.7. The SMILES string of the molecule is CC(/C=C\[C@H]1OC2(CC[C@@H](C)[C@H](C/C=C(C)/C=C/C(O)C(C)/C=C/C(=O)O)O2)CC[C@@H]1C)=C\C(=O)O. The van der Waals surface area contributed by atoms with Crippen LogP contribution in [-0.4, -0.2) is 51.4 Å². The summed E-state index contributed by atoms with van der Waals surface area (Å²) in [5, 5.41) is 27.9. The smallest absolute Gasteiger partial charge is 0.328 e. The van der Waals surface area contributed by atoms with Gasteiger partial charge in [0.05, 0.1) is 18.3 Å². The minimum absolute atomic E-state index is 0.0103. The fraction of sp³-hybridized carbons (Fsp3) is 0.586. The molecule has 0 aliphatic carbocycles. The molecule has 3 N–H and O–H groups in total. The Morgan fingerprint density at radius 1 is 0.944 bits per heavy atom. The molecule has 0 aromatic heterocycles. The van der Waals surface area contributed by atoms with Gasteiger partial charge in [0, 0.05) is 30.9 Å². The van der Waals surface area contributed by atoms with Gasteiger partial charge in [-0.15, -0.1) is 0 Å². The molecule has 2 saturated heterocycles. The summed E-state index contributed by atoms with van der Waals surface area (Å²) in [6.07, 6.45) is 16.6. The number of hydrogen-bond acceptors (Lipinski definition) is 5. The number of rotatable bonds is 10. The molecule has 2 aliphatic rings. The predicted molar refractivity (Wildman–Crippen MR) is 139 cm³/mol. The monoisotopic (exact) mass is 502 g/mol. The van der Waals surface area contributed by atoms with E-state index < -0.39 is 23.8 Å². The summed E-state index contributed by atoms with van der Waals surface area (Å²) in [5.74, 6) is -2.22. The maximum atomic E-state index is 10.9. The third kappa shape index (κ3) is 9.52. The number of carbonyl (C=O) groups is 2. The van der Waals surface area contributed by atoms with Gasteiger partial charge >= 0.3 is 11.9 Å². The normalized spacial score (nSPS) is 31.9. The van der Waals surface area contributed by atoms with Gasteiger partial charge in [-0.05, 0) is 50.5 Å². The standard InChI is InChI=1S/C29H42O7/c1-19(6-10-24(30)21(3)9-13-27(31)32)7-11-25-22(4)14-16-29(35-25)17-15-23(5)26(36-29)12-8-20(2)18-28(33)34/h6-10,12-13,18,21-26,30H,11,14-17H2,1-5H3,(H,31,32)(H,33,34)/b10-6+,12-8-,13-9+,19-7+,20-18+/t21?,22-,23+,24?,25+,26-,29?/m1/s1. The number of carboxylic acid groups (broad SMARTS) is 2. The van der Waals surface area contributed by atoms with Crippen LogP contribution in [0.15, 0.2) is 59.8 Å². The number of ether oxygens (including phenoxy) is 2. The molecule has 0 aromatic rings. The number of aliphatic carboxylic acids is 2. The number of allylic oxidation sites excluding steroid dienone is 4. The lowest BCUT2D eigenvalue weighted by atomic mass is 9.83. The first kappa shape index (κ1) is 29.7. The molecule has 7 atom stereocenters. The van der Waals surface area contributed by atoms with Gasteiger partial charge in [0.15, 0.2) is 5.79 Å². The molecule has 2 aliphatic heterocycles. The summed E-state index contributed by atoms with van der Waals surface area (Å²) in [5.41, 5.74) is 1.67. The molecule has 7 heteroatoms. The number of aliphatic hydroxyl groups is 1. The molecular weight excluding hydrogens is 460 g/mol. The first-order chi connectivity index (χ1) is 16.9. The molecule has 7 nitrogen and oxygen atoms in total. The van der Waals surface area contributed by atoms with Crippen molar-refractivity contribution in [3.05, 3.63) is 59.8 Å². The Labute approximate surface area is 214 Å². The van der Waals surface area contributed by atoms with Crippen molar-refractivity contribution < 1.29 is 34.4 Å². The van der Waals surface area contributed by atoms with Crippen LogP contribution in [0.1, 0.15) is 66.7 Å². The van der Waals surface area contributed by atoms with Crippen LogP contribution in [0.2, 0.25) is 0 Å². The van der Waals surface area contributed by atoms with Crippen LogP contribution in [0.3, 0.4) is 0 Å². The van der Waals surface area contributed by atoms with E-state index in [2.05, 4.69) is 19.9 Å². The summed E-state index contributed by atoms with van der Waals surface area (Å²) in [4.78, 5) is 21.5. The lowest BCUT2D eigenvalue weighted by molar-refractivity contribution is -0.323. The molecule has 0 saturated carbocycles. The van der Waals surface area contributed by atoms with E-state index in [0.29, 0.717) is 17.4 Å². The largest absolute Gasteiger partial charge is 0.478 e. The van der Waals surface area contributed by atoms with Crippen LogP contribution < -0.4 is 0 Å². The summed E-state index contributed by atoms with van der Waals surface area (Å²) >= 11 is 0. The second-order valence-electron chi connectivity index (χ2n) is 10.4. The van der Waals surface area contributed by atoms with Gasteiger partial charge < -0.3 is 24.8 Å². The highest BCUT2D eigenvalue weighted by Gasteiger charge is 2.45. The van der Waals surface area contributed by atoms with Gasteiger partial charge in [-0.3, -0.25) is 0 Å². The number of carboxylic acids is 2. The van der Waals surface area contributed by atoms with E-state index in [-0.39, 0.29) is 18.1 Å². The zero-order chi connectivity index (χ0) is 26.9. The zero-order valence-electron chi connectivity index (χ0n) is 22.1. The average molecular weight is 503 g/mol. The number of aliphatic hydroxyl groups excluding tert-OH is 1. The third-order valence-electron chi connectivity index (χ3n) is 7.08. The molecule has 0 bridgehead atoms. The summed E-state index contributed by atoms with van der Waals surface area (Å²) in [6, 6.07) is 0. The van der Waals surface area contributed by atoms with Crippen molar-refractivity contribution in [3.63, 3.8) is 0 Å². The summed E-state index contributed by atoms with van der Waals surface area (Å²) < 4.78 is 13.1. The van der Waals surface area contributed by atoms with E-state index in [1.54, 1.807) is 19.9 Å². The molecular formula is C29H42O7. The van der Waals surface area contributed by atoms with Gasteiger partial charge in [-0.2, -0.15) is 0 Å². The Hall–Kier alpha value is -2.48. The van der Waals surface area contributed by atoms with Crippen molar-refractivity contribution >= 4 is 11.9 Å². The molecule has 1 spiro atoms. The van der Waals surface area contributed by atoms with Crippen LogP contribution in [-0.2, 0) is 19.1 Å². The minimum Gasteiger partial charge on any atom is -0.478 e. The van der Waals surface area contributed by atoms with Gasteiger partial charge in [-0.25, -0.2) is 9.59 Å². The van der Waals surface area contributed by atoms with Gasteiger partial charge in [0.2, 0.25) is 0 Å². The van der Waals surface area contributed by atoms with Crippen LogP contribution in [0.4, 0.5) is 0 Å². The zero-order valence-corrected chi connectivity index (χ0v) is 22.1. The first-order valence-electron chi connectivity index (χ1n) is 12.8. The van der Waals surface area contributed by atoms with Crippen LogP contribution >= 0.6 is 0 Å². The quantitative estimate of drug-likeness (QED) is 0.270. The first-order valence-corrected chi connectivity index (χ1v) is 12.8. The Kier molecular flexibility index (Phi) is 11.3. The van der Waals surface area contributed by atoms with E-state index >= 15 is 0 Å². The fourth-order valence-corrected chi connectivity index (χ4v) is 4.53. The third-order valence-corrected chi connectivity index (χ3v) is 7.08. The van der Waals surface area contributed by atoms with E-state index in [9.17, 15) is 14.7 Å². The van der Waals surface area contributed by atoms with Crippen molar-refractivity contribution in [2.75, 3.05) is 0 Å². The van der Waals surface area contributed by atoms with E-state index in [0.717, 1.165) is 43.8 Å². The lowest BCUT2D eigenvalue weighted by Crippen LogP contribution is -2.51. The Morgan fingerprint density at radius 2 is 1.61 bits per heavy atom. The summed E-state index contributed by atoms with van der Waals surface area (Å²) in [6.45, 7) is 9.84. The predicted octanol–water partition coefficient (Wildman–Crippen LogP) is 5.43. The maximum Gasteiger partial charge on any atom is 0.328 e. The van der Waals surface area contributed by atoms with Crippen molar-refractivity contribution in [2.45, 2.75) is 90.8 Å². The molecule has 36 heavy (non-hydrogen) atoms. The minimum atomic E-state index is -1.03. The van der Waals surface area contributed by atoms with Crippen molar-refractivity contribution in [1.82, 2.24) is 0 Å². The van der Waals surface area contributed by atoms with Gasteiger partial charge in [0.1, 0.15) is 0 Å². The van der Waals surface area contributed by atoms with E-state index in [1.165, 1.54) is 12.2 Å². The van der Waals surface area contributed by atoms with Crippen LogP contribution in [0.25, 0.3) is 0 Å². The Balaban J connectivity index is 2.01. The summed E-state index contributed by atoms with van der Waals surface area (Å²) in [7, 11) is 0. The van der Waals surface area contributed by atoms with E-state index in [4.69, 9.17) is 19.7 Å². The Bertz CT molecular complexity index is 909. The average Bonchev–Trinajstić information content (AvgIpc) is 2.81. The molecule has 3 unspecified atom stereocenters.